The quantitative estimate of drug-likeness (QED) is 0.289. The van der Waals surface area contributed by atoms with Crippen molar-refractivity contribution in [3.63, 3.8) is 0 Å². The van der Waals surface area contributed by atoms with Crippen molar-refractivity contribution in [2.24, 2.45) is 0 Å². The third-order valence-electron chi connectivity index (χ3n) is 6.66. The molecule has 2 aromatic heterocycles. The molecular weight excluding hydrogens is 452 g/mol. The first-order valence-corrected chi connectivity index (χ1v) is 12.4. The number of nitrogens with zero attached hydrogens (tertiary/aromatic N) is 3. The Hall–Kier alpha value is -3.90. The summed E-state index contributed by atoms with van der Waals surface area (Å²) < 4.78 is 9.80. The molecule has 5 aromatic rings. The summed E-state index contributed by atoms with van der Waals surface area (Å²) in [5.74, 6) is 2.72. The molecule has 1 aliphatic rings. The first-order chi connectivity index (χ1) is 17.2. The van der Waals surface area contributed by atoms with E-state index in [0.29, 0.717) is 4.99 Å². The van der Waals surface area contributed by atoms with Crippen molar-refractivity contribution in [3.8, 4) is 28.3 Å². The van der Waals surface area contributed by atoms with Gasteiger partial charge in [-0.3, -0.25) is 0 Å². The third-order valence-corrected chi connectivity index (χ3v) is 7.00. The SMILES string of the molecule is COc1ccc(-c2nn3c(NC(=S)c4ccccc4)c(-c4ccccc4)c4c3n2CCCC4)cc1. The van der Waals surface area contributed by atoms with Crippen LogP contribution in [0.1, 0.15) is 24.0 Å². The summed E-state index contributed by atoms with van der Waals surface area (Å²) in [6, 6.07) is 28.8. The van der Waals surface area contributed by atoms with Gasteiger partial charge >= 0.3 is 0 Å². The van der Waals surface area contributed by atoms with Gasteiger partial charge in [0.05, 0.1) is 7.11 Å². The highest BCUT2D eigenvalue weighted by molar-refractivity contribution is 7.81. The van der Waals surface area contributed by atoms with Crippen LogP contribution in [0.3, 0.4) is 0 Å². The molecule has 3 aromatic carbocycles. The minimum atomic E-state index is 0.686. The fraction of sp³-hybridized carbons (Fsp3) is 0.172. The number of anilines is 1. The predicted molar refractivity (Wildman–Crippen MR) is 145 cm³/mol. The fourth-order valence-corrected chi connectivity index (χ4v) is 5.23. The predicted octanol–water partition coefficient (Wildman–Crippen LogP) is 6.60. The number of ether oxygens (including phenoxy) is 1. The summed E-state index contributed by atoms with van der Waals surface area (Å²) in [6.45, 7) is 0.929. The normalized spacial score (nSPS) is 12.9. The average molecular weight is 479 g/mol. The van der Waals surface area contributed by atoms with Crippen molar-refractivity contribution in [1.29, 1.82) is 0 Å². The lowest BCUT2D eigenvalue weighted by Gasteiger charge is -2.12. The highest BCUT2D eigenvalue weighted by atomic mass is 32.1. The van der Waals surface area contributed by atoms with E-state index in [0.717, 1.165) is 60.0 Å². The molecule has 3 heterocycles. The molecule has 0 unspecified atom stereocenters. The van der Waals surface area contributed by atoms with Gasteiger partial charge in [-0.15, -0.1) is 5.10 Å². The van der Waals surface area contributed by atoms with Crippen LogP contribution >= 0.6 is 12.2 Å². The van der Waals surface area contributed by atoms with Crippen molar-refractivity contribution in [2.45, 2.75) is 25.8 Å². The van der Waals surface area contributed by atoms with Crippen LogP contribution in [0.25, 0.3) is 28.2 Å². The van der Waals surface area contributed by atoms with Gasteiger partial charge in [0.1, 0.15) is 22.2 Å². The molecule has 0 saturated carbocycles. The summed E-state index contributed by atoms with van der Waals surface area (Å²) in [4.78, 5) is 0.686. The van der Waals surface area contributed by atoms with E-state index < -0.39 is 0 Å². The maximum absolute atomic E-state index is 5.85. The van der Waals surface area contributed by atoms with Crippen LogP contribution in [0.15, 0.2) is 84.9 Å². The van der Waals surface area contributed by atoms with E-state index in [-0.39, 0.29) is 0 Å². The minimum absolute atomic E-state index is 0.686. The molecule has 35 heavy (non-hydrogen) atoms. The van der Waals surface area contributed by atoms with Crippen molar-refractivity contribution in [2.75, 3.05) is 12.4 Å². The highest BCUT2D eigenvalue weighted by Crippen LogP contribution is 2.41. The van der Waals surface area contributed by atoms with Crippen molar-refractivity contribution in [1.82, 2.24) is 14.2 Å². The molecule has 5 nitrogen and oxygen atoms in total. The second kappa shape index (κ2) is 9.04. The minimum Gasteiger partial charge on any atom is -0.497 e. The molecule has 174 valence electrons. The van der Waals surface area contributed by atoms with Gasteiger partial charge in [-0.2, -0.15) is 4.52 Å². The highest BCUT2D eigenvalue weighted by Gasteiger charge is 2.28. The molecule has 0 saturated heterocycles. The molecular formula is C29H26N4OS. The number of aromatic nitrogens is 3. The fourth-order valence-electron chi connectivity index (χ4n) is 4.99. The maximum Gasteiger partial charge on any atom is 0.162 e. The van der Waals surface area contributed by atoms with E-state index >= 15 is 0 Å². The number of thiocarbonyl (C=S) groups is 1. The lowest BCUT2D eigenvalue weighted by molar-refractivity contribution is 0.415. The lowest BCUT2D eigenvalue weighted by Crippen LogP contribution is -2.13. The summed E-state index contributed by atoms with van der Waals surface area (Å²) in [6.07, 6.45) is 3.25. The molecule has 0 spiro atoms. The van der Waals surface area contributed by atoms with E-state index in [4.69, 9.17) is 22.1 Å². The summed E-state index contributed by atoms with van der Waals surface area (Å²) >= 11 is 5.85. The Morgan fingerprint density at radius 3 is 2.31 bits per heavy atom. The molecule has 1 aliphatic heterocycles. The molecule has 6 rings (SSSR count). The van der Waals surface area contributed by atoms with Gasteiger partial charge in [0.15, 0.2) is 5.82 Å². The number of hydrogen-bond donors (Lipinski definition) is 1. The molecule has 0 radical (unpaired) electrons. The molecule has 0 amide bonds. The summed E-state index contributed by atoms with van der Waals surface area (Å²) in [5, 5.41) is 8.74. The Morgan fingerprint density at radius 1 is 0.886 bits per heavy atom. The van der Waals surface area contributed by atoms with E-state index in [1.54, 1.807) is 7.11 Å². The zero-order valence-corrected chi connectivity index (χ0v) is 20.4. The van der Waals surface area contributed by atoms with Gasteiger partial charge in [-0.1, -0.05) is 72.9 Å². The number of nitrogens with one attached hydrogen (secondary N) is 1. The zero-order valence-electron chi connectivity index (χ0n) is 19.6. The average Bonchev–Trinajstić information content (AvgIpc) is 3.33. The number of aryl methyl sites for hydroxylation is 2. The summed E-state index contributed by atoms with van der Waals surface area (Å²) in [5.41, 5.74) is 6.87. The molecule has 6 heteroatoms. The van der Waals surface area contributed by atoms with E-state index in [1.165, 1.54) is 16.7 Å². The van der Waals surface area contributed by atoms with Crippen molar-refractivity contribution in [3.05, 3.63) is 96.1 Å². The monoisotopic (exact) mass is 478 g/mol. The first kappa shape index (κ1) is 21.6. The Balaban J connectivity index is 1.58. The number of hydrogen-bond acceptors (Lipinski definition) is 3. The number of methoxy groups -OCH3 is 1. The smallest absolute Gasteiger partial charge is 0.162 e. The lowest BCUT2D eigenvalue weighted by atomic mass is 10.00. The number of rotatable bonds is 5. The van der Waals surface area contributed by atoms with Crippen LogP contribution in [-0.4, -0.2) is 26.3 Å². The van der Waals surface area contributed by atoms with Crippen LogP contribution < -0.4 is 10.1 Å². The van der Waals surface area contributed by atoms with E-state index in [9.17, 15) is 0 Å². The van der Waals surface area contributed by atoms with Crippen LogP contribution in [0.2, 0.25) is 0 Å². The Kier molecular flexibility index (Phi) is 5.58. The van der Waals surface area contributed by atoms with Gasteiger partial charge in [0.2, 0.25) is 0 Å². The molecule has 0 fully saturated rings. The molecule has 1 N–H and O–H groups in total. The van der Waals surface area contributed by atoms with Gasteiger partial charge in [0.25, 0.3) is 0 Å². The van der Waals surface area contributed by atoms with Crippen LogP contribution in [0, 0.1) is 0 Å². The Bertz CT molecular complexity index is 1500. The largest absolute Gasteiger partial charge is 0.497 e. The van der Waals surface area contributed by atoms with Gasteiger partial charge in [0, 0.05) is 28.8 Å². The van der Waals surface area contributed by atoms with Crippen LogP contribution in [0.4, 0.5) is 5.82 Å². The molecule has 0 atom stereocenters. The first-order valence-electron chi connectivity index (χ1n) is 11.9. The van der Waals surface area contributed by atoms with Crippen molar-refractivity contribution < 1.29 is 4.74 Å². The second-order valence-corrected chi connectivity index (χ2v) is 9.19. The van der Waals surface area contributed by atoms with Crippen LogP contribution in [0.5, 0.6) is 5.75 Å². The van der Waals surface area contributed by atoms with Crippen LogP contribution in [-0.2, 0) is 13.0 Å². The Morgan fingerprint density at radius 2 is 1.60 bits per heavy atom. The van der Waals surface area contributed by atoms with Gasteiger partial charge in [-0.25, -0.2) is 0 Å². The zero-order chi connectivity index (χ0) is 23.8. The number of benzene rings is 3. The molecule has 0 bridgehead atoms. The topological polar surface area (TPSA) is 43.5 Å². The molecule has 0 aliphatic carbocycles. The summed E-state index contributed by atoms with van der Waals surface area (Å²) in [7, 11) is 1.69. The van der Waals surface area contributed by atoms with E-state index in [2.05, 4.69) is 56.9 Å². The standard InChI is InChI=1S/C29H26N4OS/c1-34-23-17-15-21(16-18-23)26-31-33-27(30-28(35)22-12-6-3-7-13-22)25(20-10-4-2-5-11-20)24-14-8-9-19-32(26)29(24)33/h2-7,10-13,15-18H,8-9,14,19H2,1H3,(H,30,35). The van der Waals surface area contributed by atoms with E-state index in [1.807, 2.05) is 42.5 Å². The third kappa shape index (κ3) is 3.80. The van der Waals surface area contributed by atoms with Crippen molar-refractivity contribution >= 4 is 28.7 Å². The van der Waals surface area contributed by atoms with Gasteiger partial charge < -0.3 is 14.6 Å². The second-order valence-electron chi connectivity index (χ2n) is 8.78. The van der Waals surface area contributed by atoms with Gasteiger partial charge in [-0.05, 0) is 49.1 Å². The Labute approximate surface area is 210 Å². The maximum atomic E-state index is 5.85.